The van der Waals surface area contributed by atoms with Gasteiger partial charge in [0.1, 0.15) is 0 Å². The van der Waals surface area contributed by atoms with Crippen LogP contribution in [0.25, 0.3) is 0 Å². The smallest absolute Gasteiger partial charge is 0.233 e. The van der Waals surface area contributed by atoms with Crippen LogP contribution < -0.4 is 15.6 Å². The van der Waals surface area contributed by atoms with E-state index >= 15 is 0 Å². The SMILES string of the molecule is CCCCCCc1ccccc1[Si](=N[Si]c1ccccc1)c1ccccc1. The second-order valence-corrected chi connectivity index (χ2v) is 10.3. The maximum atomic E-state index is 5.27. The summed E-state index contributed by atoms with van der Waals surface area (Å²) in [5, 5.41) is 4.16. The molecule has 0 aromatic heterocycles. The highest BCUT2D eigenvalue weighted by molar-refractivity contribution is 6.80. The van der Waals surface area contributed by atoms with Crippen LogP contribution in [0, 0.1) is 0 Å². The van der Waals surface area contributed by atoms with E-state index in [4.69, 9.17) is 4.30 Å². The lowest BCUT2D eigenvalue weighted by Crippen LogP contribution is -2.38. The van der Waals surface area contributed by atoms with Crippen LogP contribution in [0.3, 0.4) is 0 Å². The fraction of sp³-hybridized carbons (Fsp3) is 0.250. The molecule has 0 aliphatic heterocycles. The molecule has 0 atom stereocenters. The van der Waals surface area contributed by atoms with Gasteiger partial charge < -0.3 is 4.30 Å². The number of aryl methyl sites for hydroxylation is 1. The topological polar surface area (TPSA) is 12.4 Å². The molecule has 0 spiro atoms. The Hall–Kier alpha value is -2.11. The second-order valence-electron chi connectivity index (χ2n) is 6.77. The highest BCUT2D eigenvalue weighted by Crippen LogP contribution is 2.07. The molecule has 3 heteroatoms. The van der Waals surface area contributed by atoms with E-state index in [-0.39, 0.29) is 0 Å². The van der Waals surface area contributed by atoms with Crippen LogP contribution in [-0.4, -0.2) is 18.3 Å². The first-order valence-corrected chi connectivity index (χ1v) is 12.3. The second kappa shape index (κ2) is 10.9. The van der Waals surface area contributed by atoms with Crippen molar-refractivity contribution in [3.8, 4) is 0 Å². The van der Waals surface area contributed by atoms with Crippen molar-refractivity contribution < 1.29 is 0 Å². The average Bonchev–Trinajstić information content (AvgIpc) is 2.74. The summed E-state index contributed by atoms with van der Waals surface area (Å²) >= 11 is 0. The Morgan fingerprint density at radius 2 is 1.41 bits per heavy atom. The van der Waals surface area contributed by atoms with E-state index in [2.05, 4.69) is 91.9 Å². The number of unbranched alkanes of at least 4 members (excludes halogenated alkanes) is 3. The Kier molecular flexibility index (Phi) is 7.93. The zero-order valence-corrected chi connectivity index (χ0v) is 18.1. The molecule has 0 saturated carbocycles. The Bertz CT molecular complexity index is 845. The predicted octanol–water partition coefficient (Wildman–Crippen LogP) is 4.13. The van der Waals surface area contributed by atoms with Gasteiger partial charge >= 0.3 is 0 Å². The van der Waals surface area contributed by atoms with Gasteiger partial charge in [0, 0.05) is 0 Å². The van der Waals surface area contributed by atoms with Crippen LogP contribution in [0.5, 0.6) is 0 Å². The van der Waals surface area contributed by atoms with Crippen molar-refractivity contribution in [3.05, 3.63) is 90.5 Å². The fourth-order valence-corrected chi connectivity index (χ4v) is 7.11. The molecule has 0 heterocycles. The van der Waals surface area contributed by atoms with Gasteiger partial charge in [-0.05, 0) is 34.0 Å². The highest BCUT2D eigenvalue weighted by atomic mass is 28.3. The number of rotatable bonds is 9. The molecule has 0 fully saturated rings. The third-order valence-corrected chi connectivity index (χ3v) is 8.50. The van der Waals surface area contributed by atoms with Crippen molar-refractivity contribution in [1.82, 2.24) is 0 Å². The van der Waals surface area contributed by atoms with Crippen LogP contribution in [0.2, 0.25) is 0 Å². The minimum absolute atomic E-state index is 0.505. The molecule has 0 N–H and O–H groups in total. The molecule has 0 aliphatic rings. The average molecular weight is 386 g/mol. The standard InChI is InChI=1S/C24H27NSi2/c1-2-3-4-7-14-21-15-12-13-20-24(21)27(23-18-10-6-11-19-23)25-26-22-16-8-5-9-17-22/h5-6,8-13,15-20H,2-4,7,14H2,1H3. The van der Waals surface area contributed by atoms with Gasteiger partial charge in [-0.1, -0.05) is 111 Å². The Morgan fingerprint density at radius 3 is 2.15 bits per heavy atom. The maximum Gasteiger partial charge on any atom is 0.233 e. The summed E-state index contributed by atoms with van der Waals surface area (Å²) in [5.41, 5.74) is 1.49. The van der Waals surface area contributed by atoms with Crippen molar-refractivity contribution in [2.24, 2.45) is 4.30 Å². The normalized spacial score (nSPS) is 11.5. The number of benzene rings is 3. The Labute approximate surface area is 167 Å². The van der Waals surface area contributed by atoms with Crippen LogP contribution in [-0.2, 0) is 6.42 Å². The van der Waals surface area contributed by atoms with Crippen molar-refractivity contribution in [2.45, 2.75) is 39.0 Å². The summed E-state index contributed by atoms with van der Waals surface area (Å²) in [6.07, 6.45) is 6.38. The summed E-state index contributed by atoms with van der Waals surface area (Å²) < 4.78 is 5.27. The number of hydrogen-bond acceptors (Lipinski definition) is 1. The van der Waals surface area contributed by atoms with Gasteiger partial charge in [-0.15, -0.1) is 0 Å². The monoisotopic (exact) mass is 385 g/mol. The van der Waals surface area contributed by atoms with Gasteiger partial charge in [-0.2, -0.15) is 0 Å². The van der Waals surface area contributed by atoms with E-state index in [1.54, 1.807) is 0 Å². The summed E-state index contributed by atoms with van der Waals surface area (Å²) in [6, 6.07) is 30.5. The zero-order chi connectivity index (χ0) is 18.7. The molecule has 27 heavy (non-hydrogen) atoms. The first-order valence-electron chi connectivity index (χ1n) is 9.91. The Morgan fingerprint density at radius 1 is 0.741 bits per heavy atom. The minimum Gasteiger partial charge on any atom is -0.354 e. The molecule has 0 aliphatic carbocycles. The summed E-state index contributed by atoms with van der Waals surface area (Å²) in [7, 11) is -0.627. The lowest BCUT2D eigenvalue weighted by Gasteiger charge is -2.12. The van der Waals surface area contributed by atoms with E-state index in [0.29, 0.717) is 9.68 Å². The van der Waals surface area contributed by atoms with Crippen molar-refractivity contribution >= 4 is 33.8 Å². The van der Waals surface area contributed by atoms with Gasteiger partial charge in [-0.3, -0.25) is 0 Å². The van der Waals surface area contributed by atoms with E-state index in [1.807, 2.05) is 0 Å². The molecule has 3 rings (SSSR count). The lowest BCUT2D eigenvalue weighted by molar-refractivity contribution is 0.668. The predicted molar refractivity (Wildman–Crippen MR) is 120 cm³/mol. The third-order valence-electron chi connectivity index (χ3n) is 4.69. The van der Waals surface area contributed by atoms with Crippen LogP contribution in [0.4, 0.5) is 0 Å². The summed E-state index contributed by atoms with van der Waals surface area (Å²) in [6.45, 7) is 2.27. The van der Waals surface area contributed by atoms with Crippen LogP contribution in [0.1, 0.15) is 38.2 Å². The third kappa shape index (κ3) is 5.94. The fourth-order valence-electron chi connectivity index (χ4n) is 3.22. The van der Waals surface area contributed by atoms with Gasteiger partial charge in [0.25, 0.3) is 0 Å². The van der Waals surface area contributed by atoms with Gasteiger partial charge in [-0.25, -0.2) is 0 Å². The number of nitrogens with zero attached hydrogens (tertiary/aromatic N) is 1. The highest BCUT2D eigenvalue weighted by Gasteiger charge is 2.13. The quantitative estimate of drug-likeness (QED) is 0.388. The van der Waals surface area contributed by atoms with E-state index in [0.717, 1.165) is 0 Å². The largest absolute Gasteiger partial charge is 0.354 e. The molecule has 0 unspecified atom stereocenters. The minimum atomic E-state index is -1.13. The van der Waals surface area contributed by atoms with Crippen LogP contribution >= 0.6 is 0 Å². The summed E-state index contributed by atoms with van der Waals surface area (Å²) in [5.74, 6) is 0. The van der Waals surface area contributed by atoms with E-state index in [1.165, 1.54) is 53.2 Å². The number of hydrogen-bond donors (Lipinski definition) is 0. The van der Waals surface area contributed by atoms with E-state index in [9.17, 15) is 0 Å². The van der Waals surface area contributed by atoms with Crippen molar-refractivity contribution in [1.29, 1.82) is 0 Å². The van der Waals surface area contributed by atoms with Gasteiger partial charge in [0.15, 0.2) is 8.59 Å². The first-order chi connectivity index (χ1) is 13.4. The molecule has 2 radical (unpaired) electrons. The molecular formula is C24H27NSi2. The molecule has 136 valence electrons. The van der Waals surface area contributed by atoms with Gasteiger partial charge in [0.2, 0.25) is 9.68 Å². The first kappa shape index (κ1) is 19.6. The lowest BCUT2D eigenvalue weighted by atomic mass is 10.1. The molecule has 3 aromatic rings. The Balaban J connectivity index is 1.91. The molecule has 0 bridgehead atoms. The molecule has 0 amide bonds. The maximum absolute atomic E-state index is 5.27. The van der Waals surface area contributed by atoms with Gasteiger partial charge in [0.05, 0.1) is 0 Å². The molecule has 0 saturated heterocycles. The van der Waals surface area contributed by atoms with Crippen LogP contribution in [0.15, 0.2) is 89.2 Å². The van der Waals surface area contributed by atoms with Crippen molar-refractivity contribution in [3.63, 3.8) is 0 Å². The molecular weight excluding hydrogens is 358 g/mol. The van der Waals surface area contributed by atoms with Crippen molar-refractivity contribution in [2.75, 3.05) is 0 Å². The summed E-state index contributed by atoms with van der Waals surface area (Å²) in [4.78, 5) is 0. The molecule has 3 aromatic carbocycles. The zero-order valence-electron chi connectivity index (χ0n) is 16.1. The van der Waals surface area contributed by atoms with E-state index < -0.39 is 8.59 Å². The molecule has 1 nitrogen and oxygen atoms in total.